The van der Waals surface area contributed by atoms with E-state index in [0.717, 1.165) is 12.3 Å². The third kappa shape index (κ3) is 2.93. The number of nitrogen functional groups attached to an aromatic ring is 1. The Morgan fingerprint density at radius 1 is 1.75 bits per heavy atom. The van der Waals surface area contributed by atoms with Crippen LogP contribution in [-0.2, 0) is 9.53 Å². The van der Waals surface area contributed by atoms with Crippen molar-refractivity contribution in [1.82, 2.24) is 4.98 Å². The van der Waals surface area contributed by atoms with E-state index in [-0.39, 0.29) is 23.0 Å². The van der Waals surface area contributed by atoms with Crippen molar-refractivity contribution in [2.24, 2.45) is 0 Å². The number of ether oxygens (including phenoxy) is 1. The van der Waals surface area contributed by atoms with Gasteiger partial charge in [0.25, 0.3) is 0 Å². The number of carbonyl (C=O) groups is 1. The summed E-state index contributed by atoms with van der Waals surface area (Å²) in [6.45, 7) is 1.94. The van der Waals surface area contributed by atoms with Crippen LogP contribution in [0.3, 0.4) is 0 Å². The molecule has 2 N–H and O–H groups in total. The number of rotatable bonds is 3. The van der Waals surface area contributed by atoms with E-state index < -0.39 is 11.8 Å². The van der Waals surface area contributed by atoms with Crippen molar-refractivity contribution >= 4 is 29.3 Å². The predicted molar refractivity (Wildman–Crippen MR) is 59.3 cm³/mol. The number of nitrogens with zero attached hydrogens (tertiary/aromatic N) is 1. The van der Waals surface area contributed by atoms with E-state index in [2.05, 4.69) is 9.72 Å². The van der Waals surface area contributed by atoms with Crippen LogP contribution >= 0.6 is 11.6 Å². The minimum atomic E-state index is -0.687. The monoisotopic (exact) mass is 244 g/mol. The van der Waals surface area contributed by atoms with Gasteiger partial charge in [-0.2, -0.15) is 0 Å². The van der Waals surface area contributed by atoms with Gasteiger partial charge in [-0.1, -0.05) is 11.6 Å². The van der Waals surface area contributed by atoms with Gasteiger partial charge in [0, 0.05) is 11.6 Å². The summed E-state index contributed by atoms with van der Waals surface area (Å²) in [4.78, 5) is 14.6. The van der Waals surface area contributed by atoms with E-state index >= 15 is 0 Å². The van der Waals surface area contributed by atoms with Crippen LogP contribution in [0.25, 0.3) is 6.08 Å². The Bertz CT molecular complexity index is 435. The summed E-state index contributed by atoms with van der Waals surface area (Å²) < 4.78 is 17.7. The van der Waals surface area contributed by atoms with Crippen molar-refractivity contribution in [3.05, 3.63) is 28.8 Å². The highest BCUT2D eigenvalue weighted by molar-refractivity contribution is 6.31. The Balaban J connectivity index is 2.97. The van der Waals surface area contributed by atoms with Crippen molar-refractivity contribution < 1.29 is 13.9 Å². The third-order valence-electron chi connectivity index (χ3n) is 1.73. The molecule has 0 amide bonds. The first-order valence-corrected chi connectivity index (χ1v) is 4.88. The maximum atomic E-state index is 13.0. The molecule has 0 aliphatic rings. The highest BCUT2D eigenvalue weighted by atomic mass is 35.5. The molecule has 0 saturated carbocycles. The minimum Gasteiger partial charge on any atom is -0.463 e. The third-order valence-corrected chi connectivity index (χ3v) is 2.03. The fraction of sp³-hybridized carbons (Fsp3) is 0.200. The Hall–Kier alpha value is -1.62. The number of pyridine rings is 1. The fourth-order valence-corrected chi connectivity index (χ4v) is 1.21. The first kappa shape index (κ1) is 12.4. The van der Waals surface area contributed by atoms with Crippen LogP contribution in [-0.4, -0.2) is 17.6 Å². The lowest BCUT2D eigenvalue weighted by atomic mass is 10.2. The van der Waals surface area contributed by atoms with E-state index in [0.29, 0.717) is 0 Å². The highest BCUT2D eigenvalue weighted by Gasteiger charge is 2.08. The molecule has 0 aromatic carbocycles. The Morgan fingerprint density at radius 2 is 2.44 bits per heavy atom. The number of hydrogen-bond acceptors (Lipinski definition) is 4. The molecular formula is C10H10ClFN2O2. The maximum absolute atomic E-state index is 13.0. The standard InChI is InChI=1S/C10H10ClFN2O2/c1-2-16-8(15)4-3-6-9(13)7(12)5-14-10(6)11/h3-5H,2H2,1H3,(H2,13,14)/b4-3+. The second-order valence-corrected chi connectivity index (χ2v) is 3.17. The largest absolute Gasteiger partial charge is 0.463 e. The molecule has 0 radical (unpaired) electrons. The van der Waals surface area contributed by atoms with Gasteiger partial charge in [0.15, 0.2) is 5.82 Å². The lowest BCUT2D eigenvalue weighted by Crippen LogP contribution is -2.00. The highest BCUT2D eigenvalue weighted by Crippen LogP contribution is 2.23. The molecule has 1 aromatic heterocycles. The average Bonchev–Trinajstić information content (AvgIpc) is 2.24. The molecule has 0 bridgehead atoms. The molecule has 0 spiro atoms. The van der Waals surface area contributed by atoms with E-state index in [9.17, 15) is 9.18 Å². The van der Waals surface area contributed by atoms with Crippen LogP contribution in [0, 0.1) is 5.82 Å². The minimum absolute atomic E-state index is 0.0273. The number of anilines is 1. The summed E-state index contributed by atoms with van der Waals surface area (Å²) in [6, 6.07) is 0. The molecule has 0 unspecified atom stereocenters. The van der Waals surface area contributed by atoms with Crippen molar-refractivity contribution in [2.75, 3.05) is 12.3 Å². The summed E-state index contributed by atoms with van der Waals surface area (Å²) in [5.74, 6) is -1.24. The zero-order valence-electron chi connectivity index (χ0n) is 8.54. The fourth-order valence-electron chi connectivity index (χ4n) is 0.992. The second-order valence-electron chi connectivity index (χ2n) is 2.81. The van der Waals surface area contributed by atoms with Crippen molar-refractivity contribution in [3.63, 3.8) is 0 Å². The first-order valence-electron chi connectivity index (χ1n) is 4.50. The molecule has 4 nitrogen and oxygen atoms in total. The molecule has 16 heavy (non-hydrogen) atoms. The van der Waals surface area contributed by atoms with Crippen molar-refractivity contribution in [3.8, 4) is 0 Å². The van der Waals surface area contributed by atoms with Crippen LogP contribution in [0.1, 0.15) is 12.5 Å². The van der Waals surface area contributed by atoms with Crippen molar-refractivity contribution in [1.29, 1.82) is 0 Å². The van der Waals surface area contributed by atoms with Crippen LogP contribution in [0.4, 0.5) is 10.1 Å². The van der Waals surface area contributed by atoms with Gasteiger partial charge >= 0.3 is 5.97 Å². The summed E-state index contributed by atoms with van der Waals surface area (Å²) in [6.07, 6.45) is 3.30. The van der Waals surface area contributed by atoms with Crippen molar-refractivity contribution in [2.45, 2.75) is 6.92 Å². The number of aromatic nitrogens is 1. The normalized spacial score (nSPS) is 10.7. The van der Waals surface area contributed by atoms with Gasteiger partial charge < -0.3 is 10.5 Å². The van der Waals surface area contributed by atoms with Gasteiger partial charge in [-0.25, -0.2) is 14.2 Å². The molecule has 0 saturated heterocycles. The number of nitrogens with two attached hydrogens (primary N) is 1. The molecular weight excluding hydrogens is 235 g/mol. The second kappa shape index (κ2) is 5.46. The smallest absolute Gasteiger partial charge is 0.330 e. The molecule has 1 heterocycles. The Labute approximate surface area is 96.9 Å². The average molecular weight is 245 g/mol. The first-order chi connectivity index (χ1) is 7.56. The van der Waals surface area contributed by atoms with Gasteiger partial charge in [-0.3, -0.25) is 0 Å². The predicted octanol–water partition coefficient (Wildman–Crippen LogP) is 2.03. The van der Waals surface area contributed by atoms with Gasteiger partial charge in [0.1, 0.15) is 5.15 Å². The Morgan fingerprint density at radius 3 is 3.06 bits per heavy atom. The van der Waals surface area contributed by atoms with Gasteiger partial charge in [-0.05, 0) is 13.0 Å². The zero-order chi connectivity index (χ0) is 12.1. The Kier molecular flexibility index (Phi) is 4.25. The van der Waals surface area contributed by atoms with E-state index in [4.69, 9.17) is 17.3 Å². The number of esters is 1. The number of halogens is 2. The summed E-state index contributed by atoms with van der Waals surface area (Å²) >= 11 is 5.70. The zero-order valence-corrected chi connectivity index (χ0v) is 9.29. The molecule has 0 aliphatic heterocycles. The maximum Gasteiger partial charge on any atom is 0.330 e. The number of carbonyl (C=O) groups excluding carboxylic acids is 1. The molecule has 0 aliphatic carbocycles. The van der Waals surface area contributed by atoms with Crippen LogP contribution in [0.5, 0.6) is 0 Å². The van der Waals surface area contributed by atoms with Crippen LogP contribution in [0.2, 0.25) is 5.15 Å². The van der Waals surface area contributed by atoms with E-state index in [1.165, 1.54) is 6.08 Å². The van der Waals surface area contributed by atoms with Crippen LogP contribution in [0.15, 0.2) is 12.3 Å². The SMILES string of the molecule is CCOC(=O)/C=C/c1c(Cl)ncc(F)c1N. The number of hydrogen-bond donors (Lipinski definition) is 1. The van der Waals surface area contributed by atoms with Gasteiger partial charge in [-0.15, -0.1) is 0 Å². The summed E-state index contributed by atoms with van der Waals surface area (Å²) in [5.41, 5.74) is 5.45. The van der Waals surface area contributed by atoms with E-state index in [1.54, 1.807) is 6.92 Å². The lowest BCUT2D eigenvalue weighted by molar-refractivity contribution is -0.137. The molecule has 1 aromatic rings. The quantitative estimate of drug-likeness (QED) is 0.502. The van der Waals surface area contributed by atoms with Gasteiger partial charge in [0.05, 0.1) is 18.5 Å². The molecule has 86 valence electrons. The summed E-state index contributed by atoms with van der Waals surface area (Å²) in [5, 5.41) is 0.0273. The molecule has 1 rings (SSSR count). The molecule has 0 fully saturated rings. The van der Waals surface area contributed by atoms with E-state index in [1.807, 2.05) is 0 Å². The topological polar surface area (TPSA) is 65.2 Å². The summed E-state index contributed by atoms with van der Waals surface area (Å²) in [7, 11) is 0. The molecule has 6 heteroatoms. The van der Waals surface area contributed by atoms with Gasteiger partial charge in [0.2, 0.25) is 0 Å². The van der Waals surface area contributed by atoms with Crippen LogP contribution < -0.4 is 5.73 Å². The lowest BCUT2D eigenvalue weighted by Gasteiger charge is -2.03. The molecule has 0 atom stereocenters.